The van der Waals surface area contributed by atoms with Crippen LogP contribution in [0.3, 0.4) is 0 Å². The number of carbonyl (C=O) groups excluding carboxylic acids is 1. The minimum Gasteiger partial charge on any atom is -0.460 e. The molecule has 192 valence electrons. The molecule has 6 rings (SSSR count). The van der Waals surface area contributed by atoms with Crippen molar-refractivity contribution in [3.63, 3.8) is 0 Å². The number of benzene rings is 1. The van der Waals surface area contributed by atoms with Crippen molar-refractivity contribution < 1.29 is 14.4 Å². The predicted molar refractivity (Wildman–Crippen MR) is 143 cm³/mol. The van der Waals surface area contributed by atoms with Gasteiger partial charge in [0, 0.05) is 48.1 Å². The van der Waals surface area contributed by atoms with Gasteiger partial charge < -0.3 is 14.5 Å². The van der Waals surface area contributed by atoms with Gasteiger partial charge in [-0.3, -0.25) is 14.7 Å². The summed E-state index contributed by atoms with van der Waals surface area (Å²) >= 11 is 0. The van der Waals surface area contributed by atoms with Crippen LogP contribution in [0.5, 0.6) is 0 Å². The number of furan rings is 1. The topological polar surface area (TPSA) is 82.2 Å². The van der Waals surface area contributed by atoms with Crippen LogP contribution < -0.4 is 0 Å². The first kappa shape index (κ1) is 23.9. The number of rotatable bonds is 5. The molecule has 7 nitrogen and oxygen atoms in total. The molecule has 0 radical (unpaired) electrons. The number of aryl methyl sites for hydroxylation is 1. The Labute approximate surface area is 217 Å². The van der Waals surface area contributed by atoms with Crippen molar-refractivity contribution in [2.24, 2.45) is 5.16 Å². The molecule has 37 heavy (non-hydrogen) atoms. The molecular formula is C30H34N4O3. The highest BCUT2D eigenvalue weighted by molar-refractivity contribution is 6.04. The van der Waals surface area contributed by atoms with Crippen molar-refractivity contribution in [3.05, 3.63) is 65.7 Å². The summed E-state index contributed by atoms with van der Waals surface area (Å²) < 4.78 is 6.61. The van der Waals surface area contributed by atoms with Gasteiger partial charge in [0.15, 0.2) is 0 Å². The van der Waals surface area contributed by atoms with E-state index in [1.165, 1.54) is 24.8 Å². The minimum atomic E-state index is 0.266. The third-order valence-corrected chi connectivity index (χ3v) is 8.23. The largest absolute Gasteiger partial charge is 0.460 e. The molecule has 4 heterocycles. The van der Waals surface area contributed by atoms with Crippen LogP contribution in [0, 0.1) is 0 Å². The summed E-state index contributed by atoms with van der Waals surface area (Å²) in [5, 5.41) is 12.8. The zero-order valence-corrected chi connectivity index (χ0v) is 21.2. The third kappa shape index (κ3) is 4.92. The van der Waals surface area contributed by atoms with Crippen LogP contribution >= 0.6 is 0 Å². The Kier molecular flexibility index (Phi) is 6.79. The monoisotopic (exact) mass is 498 g/mol. The number of pyridine rings is 1. The van der Waals surface area contributed by atoms with Crippen LogP contribution in [0.1, 0.15) is 61.3 Å². The number of fused-ring (bicyclic) bond motifs is 1. The lowest BCUT2D eigenvalue weighted by Crippen LogP contribution is -2.45. The average molecular weight is 499 g/mol. The number of piperidine rings is 2. The van der Waals surface area contributed by atoms with Crippen molar-refractivity contribution >= 4 is 11.6 Å². The molecule has 3 aliphatic rings. The molecule has 2 aromatic heterocycles. The summed E-state index contributed by atoms with van der Waals surface area (Å²) in [5.74, 6) is 2.41. The fraction of sp³-hybridized carbons (Fsp3) is 0.433. The summed E-state index contributed by atoms with van der Waals surface area (Å²) in [4.78, 5) is 21.4. The molecule has 0 saturated carbocycles. The molecule has 0 atom stereocenters. The summed E-state index contributed by atoms with van der Waals surface area (Å²) in [5.41, 5.74) is 6.12. The highest BCUT2D eigenvalue weighted by Gasteiger charge is 2.29. The Bertz CT molecular complexity index is 1290. The first-order chi connectivity index (χ1) is 18.2. The molecule has 0 unspecified atom stereocenters. The molecule has 0 spiro atoms. The maximum Gasteiger partial charge on any atom is 0.236 e. The molecule has 1 aliphatic carbocycles. The fourth-order valence-electron chi connectivity index (χ4n) is 6.11. The Morgan fingerprint density at radius 3 is 2.49 bits per heavy atom. The predicted octanol–water partition coefficient (Wildman–Crippen LogP) is 5.33. The highest BCUT2D eigenvalue weighted by atomic mass is 16.4. The highest BCUT2D eigenvalue weighted by Crippen LogP contribution is 2.41. The van der Waals surface area contributed by atoms with Crippen molar-refractivity contribution in [1.82, 2.24) is 14.8 Å². The molecule has 2 saturated heterocycles. The fourth-order valence-corrected chi connectivity index (χ4v) is 6.11. The molecule has 1 aromatic carbocycles. The van der Waals surface area contributed by atoms with E-state index in [2.05, 4.69) is 33.2 Å². The van der Waals surface area contributed by atoms with Gasteiger partial charge in [-0.25, -0.2) is 0 Å². The maximum absolute atomic E-state index is 12.9. The molecule has 0 bridgehead atoms. The van der Waals surface area contributed by atoms with Gasteiger partial charge >= 0.3 is 0 Å². The first-order valence-corrected chi connectivity index (χ1v) is 13.6. The zero-order chi connectivity index (χ0) is 25.2. The number of amides is 1. The van der Waals surface area contributed by atoms with E-state index in [9.17, 15) is 10.0 Å². The van der Waals surface area contributed by atoms with Crippen molar-refractivity contribution in [1.29, 1.82) is 0 Å². The van der Waals surface area contributed by atoms with E-state index in [4.69, 9.17) is 4.42 Å². The van der Waals surface area contributed by atoms with E-state index in [1.54, 1.807) is 0 Å². The van der Waals surface area contributed by atoms with Crippen molar-refractivity contribution in [2.75, 3.05) is 32.7 Å². The Balaban J connectivity index is 1.22. The van der Waals surface area contributed by atoms with Gasteiger partial charge in [-0.2, -0.15) is 0 Å². The van der Waals surface area contributed by atoms with E-state index in [-0.39, 0.29) is 11.8 Å². The summed E-state index contributed by atoms with van der Waals surface area (Å²) in [7, 11) is 0. The van der Waals surface area contributed by atoms with Crippen molar-refractivity contribution in [2.45, 2.75) is 50.9 Å². The number of carbonyl (C=O) groups is 1. The number of hydrogen-bond acceptors (Lipinski definition) is 6. The number of oxime groups is 1. The van der Waals surface area contributed by atoms with Gasteiger partial charge in [-0.15, -0.1) is 0 Å². The van der Waals surface area contributed by atoms with E-state index in [1.807, 2.05) is 35.5 Å². The van der Waals surface area contributed by atoms with E-state index >= 15 is 0 Å². The number of likely N-dealkylation sites (tertiary alicyclic amines) is 2. The summed E-state index contributed by atoms with van der Waals surface area (Å²) in [6.45, 7) is 4.21. The normalized spacial score (nSPS) is 19.9. The van der Waals surface area contributed by atoms with E-state index < -0.39 is 0 Å². The summed E-state index contributed by atoms with van der Waals surface area (Å²) in [6.07, 6.45) is 10.8. The second kappa shape index (κ2) is 10.5. The molecule has 2 aliphatic heterocycles. The van der Waals surface area contributed by atoms with Crippen LogP contribution in [-0.2, 0) is 11.2 Å². The Morgan fingerprint density at radius 1 is 0.946 bits per heavy atom. The minimum absolute atomic E-state index is 0.266. The lowest BCUT2D eigenvalue weighted by atomic mass is 9.93. The van der Waals surface area contributed by atoms with Crippen LogP contribution in [0.25, 0.3) is 22.5 Å². The lowest BCUT2D eigenvalue weighted by Gasteiger charge is -2.34. The van der Waals surface area contributed by atoms with Gasteiger partial charge in [-0.05, 0) is 87.0 Å². The molecule has 2 fully saturated rings. The number of nitrogens with zero attached hydrogens (tertiary/aromatic N) is 4. The Morgan fingerprint density at radius 2 is 1.73 bits per heavy atom. The van der Waals surface area contributed by atoms with Gasteiger partial charge in [0.05, 0.1) is 12.3 Å². The average Bonchev–Trinajstić information content (AvgIpc) is 3.58. The van der Waals surface area contributed by atoms with Gasteiger partial charge in [0.25, 0.3) is 0 Å². The molecule has 1 amide bonds. The molecule has 3 aromatic rings. The molecule has 1 N–H and O–H groups in total. The van der Waals surface area contributed by atoms with E-state index in [0.29, 0.717) is 6.54 Å². The van der Waals surface area contributed by atoms with Gasteiger partial charge in [-0.1, -0.05) is 23.7 Å². The van der Waals surface area contributed by atoms with E-state index in [0.717, 1.165) is 91.3 Å². The van der Waals surface area contributed by atoms with Gasteiger partial charge in [0.1, 0.15) is 11.5 Å². The van der Waals surface area contributed by atoms with Gasteiger partial charge in [0.2, 0.25) is 5.91 Å². The molecular weight excluding hydrogens is 464 g/mol. The first-order valence-electron chi connectivity index (χ1n) is 13.6. The van der Waals surface area contributed by atoms with Crippen LogP contribution in [0.15, 0.2) is 58.4 Å². The van der Waals surface area contributed by atoms with Crippen LogP contribution in [0.2, 0.25) is 0 Å². The van der Waals surface area contributed by atoms with Crippen molar-refractivity contribution in [3.8, 4) is 22.5 Å². The third-order valence-electron chi connectivity index (χ3n) is 8.23. The lowest BCUT2D eigenvalue weighted by molar-refractivity contribution is -0.133. The smallest absolute Gasteiger partial charge is 0.236 e. The standard InChI is InChI=1S/C30H34N4O3/c35-29(20-33-14-2-1-3-15-33)34-16-10-22(11-17-34)28-19-26(21-8-12-31-13-9-21)30(37-28)24-4-6-25-23(18-24)5-7-27(25)32-36/h4,6,8-9,12-13,18-19,22,36H,1-3,5,7,10-11,14-17,20H2. The number of aromatic nitrogens is 1. The Hall–Kier alpha value is -3.45. The zero-order valence-electron chi connectivity index (χ0n) is 21.2. The quantitative estimate of drug-likeness (QED) is 0.380. The summed E-state index contributed by atoms with van der Waals surface area (Å²) in [6, 6.07) is 12.5. The second-order valence-electron chi connectivity index (χ2n) is 10.5. The van der Waals surface area contributed by atoms with Crippen LogP contribution in [0.4, 0.5) is 0 Å². The number of hydrogen-bond donors (Lipinski definition) is 1. The maximum atomic E-state index is 12.9. The van der Waals surface area contributed by atoms with Crippen LogP contribution in [-0.4, -0.2) is 64.3 Å². The molecule has 7 heteroatoms. The second-order valence-corrected chi connectivity index (χ2v) is 10.5. The SMILES string of the molecule is O=C(CN1CCCCC1)N1CCC(c2cc(-c3ccncc3)c(-c3ccc4c(c3)CCC4=NO)o2)CC1.